The van der Waals surface area contributed by atoms with Gasteiger partial charge in [0.2, 0.25) is 0 Å². The van der Waals surface area contributed by atoms with Gasteiger partial charge in [-0.25, -0.2) is 0 Å². The highest BCUT2D eigenvalue weighted by Crippen LogP contribution is 2.22. The molecule has 3 heteroatoms. The number of hydrogen-bond acceptors (Lipinski definition) is 3. The lowest BCUT2D eigenvalue weighted by Crippen LogP contribution is -2.35. The molecule has 1 aliphatic rings. The number of piperidine rings is 1. The van der Waals surface area contributed by atoms with Crippen LogP contribution in [0.25, 0.3) is 0 Å². The highest BCUT2D eigenvalue weighted by atomic mass is 16.3. The van der Waals surface area contributed by atoms with Crippen molar-refractivity contribution in [2.75, 3.05) is 38.6 Å². The molecule has 2 rings (SSSR count). The van der Waals surface area contributed by atoms with E-state index in [1.165, 1.54) is 31.6 Å². The summed E-state index contributed by atoms with van der Waals surface area (Å²) in [5.41, 5.74) is 2.22. The third kappa shape index (κ3) is 3.95. The van der Waals surface area contributed by atoms with Crippen LogP contribution in [0.3, 0.4) is 0 Å². The standard InChI is InChI=1S/C16H26N2O/c1-13(19)15-4-6-16(7-5-15)18(3)12-14-8-10-17(2)11-9-14/h4-7,13-14,19H,8-12H2,1-3H3/t13-/m1/s1. The van der Waals surface area contributed by atoms with Crippen molar-refractivity contribution in [3.05, 3.63) is 29.8 Å². The van der Waals surface area contributed by atoms with Gasteiger partial charge in [-0.05, 0) is 63.5 Å². The molecule has 0 unspecified atom stereocenters. The number of nitrogens with zero attached hydrogens (tertiary/aromatic N) is 2. The van der Waals surface area contributed by atoms with E-state index >= 15 is 0 Å². The smallest absolute Gasteiger partial charge is 0.0761 e. The lowest BCUT2D eigenvalue weighted by atomic mass is 9.96. The summed E-state index contributed by atoms with van der Waals surface area (Å²) >= 11 is 0. The summed E-state index contributed by atoms with van der Waals surface area (Å²) in [5, 5.41) is 9.52. The molecule has 1 heterocycles. The first kappa shape index (κ1) is 14.4. The van der Waals surface area contributed by atoms with Gasteiger partial charge in [-0.2, -0.15) is 0 Å². The molecule has 1 N–H and O–H groups in total. The quantitative estimate of drug-likeness (QED) is 0.903. The van der Waals surface area contributed by atoms with Crippen molar-refractivity contribution in [1.82, 2.24) is 4.90 Å². The lowest BCUT2D eigenvalue weighted by molar-refractivity contribution is 0.199. The molecule has 1 fully saturated rings. The molecule has 1 aromatic carbocycles. The summed E-state index contributed by atoms with van der Waals surface area (Å²) in [6.07, 6.45) is 2.22. The molecule has 19 heavy (non-hydrogen) atoms. The van der Waals surface area contributed by atoms with Crippen molar-refractivity contribution in [2.24, 2.45) is 5.92 Å². The third-order valence-electron chi connectivity index (χ3n) is 4.19. The fraction of sp³-hybridized carbons (Fsp3) is 0.625. The van der Waals surface area contributed by atoms with Crippen LogP contribution in [0.5, 0.6) is 0 Å². The Morgan fingerprint density at radius 2 is 1.84 bits per heavy atom. The lowest BCUT2D eigenvalue weighted by Gasteiger charge is -2.32. The van der Waals surface area contributed by atoms with Crippen LogP contribution in [0.4, 0.5) is 5.69 Å². The van der Waals surface area contributed by atoms with Gasteiger partial charge in [0.1, 0.15) is 0 Å². The molecule has 0 bridgehead atoms. The molecule has 1 atom stereocenters. The number of aliphatic hydroxyl groups excluding tert-OH is 1. The van der Waals surface area contributed by atoms with Gasteiger partial charge in [-0.3, -0.25) is 0 Å². The summed E-state index contributed by atoms with van der Waals surface area (Å²) in [5.74, 6) is 0.803. The van der Waals surface area contributed by atoms with Crippen molar-refractivity contribution in [1.29, 1.82) is 0 Å². The number of hydrogen-bond donors (Lipinski definition) is 1. The normalized spacial score (nSPS) is 19.4. The number of benzene rings is 1. The average Bonchev–Trinajstić information content (AvgIpc) is 2.41. The molecule has 106 valence electrons. The van der Waals surface area contributed by atoms with Gasteiger partial charge in [0.05, 0.1) is 6.10 Å². The molecule has 0 radical (unpaired) electrons. The molecule has 0 spiro atoms. The zero-order chi connectivity index (χ0) is 13.8. The van der Waals surface area contributed by atoms with Gasteiger partial charge in [-0.15, -0.1) is 0 Å². The minimum Gasteiger partial charge on any atom is -0.389 e. The van der Waals surface area contributed by atoms with Crippen molar-refractivity contribution >= 4 is 5.69 Å². The van der Waals surface area contributed by atoms with Crippen LogP contribution in [0, 0.1) is 5.92 Å². The van der Waals surface area contributed by atoms with E-state index in [1.807, 2.05) is 12.1 Å². The number of aliphatic hydroxyl groups is 1. The second kappa shape index (κ2) is 6.40. The molecule has 1 aliphatic heterocycles. The zero-order valence-electron chi connectivity index (χ0n) is 12.3. The Labute approximate surface area is 116 Å². The maximum absolute atomic E-state index is 9.52. The first-order valence-corrected chi connectivity index (χ1v) is 7.24. The Morgan fingerprint density at radius 3 is 2.37 bits per heavy atom. The number of likely N-dealkylation sites (tertiary alicyclic amines) is 1. The van der Waals surface area contributed by atoms with Crippen LogP contribution in [0.1, 0.15) is 31.4 Å². The molecule has 1 saturated heterocycles. The molecule has 0 amide bonds. The SMILES string of the molecule is C[C@@H](O)c1ccc(N(C)CC2CCN(C)CC2)cc1. The largest absolute Gasteiger partial charge is 0.389 e. The van der Waals surface area contributed by atoms with E-state index in [1.54, 1.807) is 6.92 Å². The van der Waals surface area contributed by atoms with Crippen molar-refractivity contribution in [3.8, 4) is 0 Å². The van der Waals surface area contributed by atoms with E-state index < -0.39 is 0 Å². The summed E-state index contributed by atoms with van der Waals surface area (Å²) < 4.78 is 0. The van der Waals surface area contributed by atoms with E-state index in [2.05, 4.69) is 36.0 Å². The zero-order valence-corrected chi connectivity index (χ0v) is 12.3. The molecule has 0 aliphatic carbocycles. The Hall–Kier alpha value is -1.06. The Morgan fingerprint density at radius 1 is 1.26 bits per heavy atom. The number of anilines is 1. The van der Waals surface area contributed by atoms with Crippen LogP contribution < -0.4 is 4.90 Å². The third-order valence-corrected chi connectivity index (χ3v) is 4.19. The first-order chi connectivity index (χ1) is 9.06. The van der Waals surface area contributed by atoms with Crippen LogP contribution in [0.2, 0.25) is 0 Å². The Balaban J connectivity index is 1.90. The van der Waals surface area contributed by atoms with E-state index in [4.69, 9.17) is 0 Å². The molecule has 0 aromatic heterocycles. The summed E-state index contributed by atoms with van der Waals surface area (Å²) in [7, 11) is 4.37. The van der Waals surface area contributed by atoms with Crippen LogP contribution in [0.15, 0.2) is 24.3 Å². The molecule has 0 saturated carbocycles. The monoisotopic (exact) mass is 262 g/mol. The van der Waals surface area contributed by atoms with E-state index in [0.29, 0.717) is 0 Å². The van der Waals surface area contributed by atoms with Gasteiger partial charge in [0.15, 0.2) is 0 Å². The van der Waals surface area contributed by atoms with E-state index in [0.717, 1.165) is 18.0 Å². The first-order valence-electron chi connectivity index (χ1n) is 7.24. The summed E-state index contributed by atoms with van der Waals surface area (Å²) in [4.78, 5) is 4.75. The minimum atomic E-state index is -0.381. The van der Waals surface area contributed by atoms with Gasteiger partial charge in [-0.1, -0.05) is 12.1 Å². The summed E-state index contributed by atoms with van der Waals surface area (Å²) in [6.45, 7) is 5.37. The van der Waals surface area contributed by atoms with Gasteiger partial charge in [0, 0.05) is 19.3 Å². The topological polar surface area (TPSA) is 26.7 Å². The van der Waals surface area contributed by atoms with Crippen molar-refractivity contribution < 1.29 is 5.11 Å². The maximum atomic E-state index is 9.52. The average molecular weight is 262 g/mol. The number of rotatable bonds is 4. The van der Waals surface area contributed by atoms with Gasteiger partial charge in [0.25, 0.3) is 0 Å². The van der Waals surface area contributed by atoms with E-state index in [-0.39, 0.29) is 6.10 Å². The van der Waals surface area contributed by atoms with Crippen LogP contribution in [-0.2, 0) is 0 Å². The fourth-order valence-corrected chi connectivity index (χ4v) is 2.74. The predicted octanol–water partition coefficient (Wildman–Crippen LogP) is 2.52. The molecular formula is C16H26N2O. The Kier molecular flexibility index (Phi) is 4.83. The second-order valence-electron chi connectivity index (χ2n) is 5.89. The molecule has 1 aromatic rings. The van der Waals surface area contributed by atoms with Gasteiger partial charge >= 0.3 is 0 Å². The minimum absolute atomic E-state index is 0.381. The highest BCUT2D eigenvalue weighted by Gasteiger charge is 2.18. The van der Waals surface area contributed by atoms with Gasteiger partial charge < -0.3 is 14.9 Å². The maximum Gasteiger partial charge on any atom is 0.0761 e. The molecular weight excluding hydrogens is 236 g/mol. The second-order valence-corrected chi connectivity index (χ2v) is 5.89. The summed E-state index contributed by atoms with van der Waals surface area (Å²) in [6, 6.07) is 8.25. The van der Waals surface area contributed by atoms with Crippen molar-refractivity contribution in [2.45, 2.75) is 25.9 Å². The van der Waals surface area contributed by atoms with Crippen LogP contribution >= 0.6 is 0 Å². The Bertz CT molecular complexity index is 380. The fourth-order valence-electron chi connectivity index (χ4n) is 2.74. The van der Waals surface area contributed by atoms with Crippen LogP contribution in [-0.4, -0.2) is 43.7 Å². The predicted molar refractivity (Wildman–Crippen MR) is 80.6 cm³/mol. The van der Waals surface area contributed by atoms with E-state index in [9.17, 15) is 5.11 Å². The molecule has 3 nitrogen and oxygen atoms in total. The van der Waals surface area contributed by atoms with Crippen molar-refractivity contribution in [3.63, 3.8) is 0 Å². The highest BCUT2D eigenvalue weighted by molar-refractivity contribution is 5.47.